The molecule has 0 aliphatic carbocycles. The number of carbonyl (C=O) groups excluding carboxylic acids is 1. The predicted octanol–water partition coefficient (Wildman–Crippen LogP) is 2.49. The molecule has 1 heterocycles. The van der Waals surface area contributed by atoms with Gasteiger partial charge in [0, 0.05) is 6.20 Å². The third-order valence-corrected chi connectivity index (χ3v) is 2.75. The molecule has 104 valence electrons. The van der Waals surface area contributed by atoms with Crippen molar-refractivity contribution in [2.24, 2.45) is 0 Å². The average Bonchev–Trinajstić information content (AvgIpc) is 2.42. The van der Waals surface area contributed by atoms with Crippen LogP contribution < -0.4 is 10.1 Å². The molecule has 0 aliphatic heterocycles. The highest BCUT2D eigenvalue weighted by atomic mass is 19.1. The first-order chi connectivity index (χ1) is 9.51. The third-order valence-electron chi connectivity index (χ3n) is 2.75. The second-order valence-corrected chi connectivity index (χ2v) is 4.29. The molecule has 0 fully saturated rings. The molecule has 5 nitrogen and oxygen atoms in total. The van der Waals surface area contributed by atoms with Crippen molar-refractivity contribution in [3.8, 4) is 6.01 Å². The van der Waals surface area contributed by atoms with E-state index in [1.54, 1.807) is 19.1 Å². The lowest BCUT2D eigenvalue weighted by molar-refractivity contribution is 0.102. The lowest BCUT2D eigenvalue weighted by atomic mass is 10.2. The maximum absolute atomic E-state index is 13.6. The topological polar surface area (TPSA) is 64.1 Å². The fourth-order valence-electron chi connectivity index (χ4n) is 1.69. The minimum absolute atomic E-state index is 0.130. The molecule has 2 aromatic rings. The number of ether oxygens (including phenoxy) is 1. The summed E-state index contributed by atoms with van der Waals surface area (Å²) in [4.78, 5) is 20.0. The highest BCUT2D eigenvalue weighted by Crippen LogP contribution is 2.17. The Hall–Kier alpha value is -2.50. The van der Waals surface area contributed by atoms with Gasteiger partial charge in [0.05, 0.1) is 24.1 Å². The van der Waals surface area contributed by atoms with E-state index in [1.165, 1.54) is 19.4 Å². The van der Waals surface area contributed by atoms with E-state index in [0.717, 1.165) is 5.56 Å². The Morgan fingerprint density at radius 2 is 2.10 bits per heavy atom. The van der Waals surface area contributed by atoms with Crippen LogP contribution in [0.25, 0.3) is 0 Å². The van der Waals surface area contributed by atoms with Gasteiger partial charge in [0.2, 0.25) is 0 Å². The zero-order valence-corrected chi connectivity index (χ0v) is 11.4. The first-order valence-corrected chi connectivity index (χ1v) is 5.96. The summed E-state index contributed by atoms with van der Waals surface area (Å²) in [5, 5.41) is 2.51. The van der Waals surface area contributed by atoms with Crippen LogP contribution in [-0.2, 0) is 0 Å². The molecular formula is C14H14FN3O2. The van der Waals surface area contributed by atoms with E-state index in [1.807, 2.05) is 6.92 Å². The van der Waals surface area contributed by atoms with Gasteiger partial charge in [-0.05, 0) is 31.5 Å². The van der Waals surface area contributed by atoms with Crippen molar-refractivity contribution < 1.29 is 13.9 Å². The minimum Gasteiger partial charge on any atom is -0.467 e. The van der Waals surface area contributed by atoms with Crippen LogP contribution in [-0.4, -0.2) is 23.0 Å². The van der Waals surface area contributed by atoms with E-state index in [9.17, 15) is 9.18 Å². The smallest absolute Gasteiger partial charge is 0.316 e. The molecule has 1 N–H and O–H groups in total. The van der Waals surface area contributed by atoms with Crippen LogP contribution >= 0.6 is 0 Å². The molecule has 0 unspecified atom stereocenters. The number of carbonyl (C=O) groups is 1. The molecule has 0 saturated heterocycles. The van der Waals surface area contributed by atoms with Crippen molar-refractivity contribution in [2.45, 2.75) is 13.8 Å². The summed E-state index contributed by atoms with van der Waals surface area (Å²) >= 11 is 0. The van der Waals surface area contributed by atoms with Crippen molar-refractivity contribution in [3.05, 3.63) is 47.0 Å². The normalized spacial score (nSPS) is 10.2. The second kappa shape index (κ2) is 5.64. The molecular weight excluding hydrogens is 261 g/mol. The van der Waals surface area contributed by atoms with Crippen LogP contribution in [0.15, 0.2) is 24.4 Å². The first-order valence-electron chi connectivity index (χ1n) is 5.96. The Morgan fingerprint density at radius 3 is 2.75 bits per heavy atom. The fourth-order valence-corrected chi connectivity index (χ4v) is 1.69. The van der Waals surface area contributed by atoms with Crippen LogP contribution in [0.5, 0.6) is 6.01 Å². The van der Waals surface area contributed by atoms with Gasteiger partial charge < -0.3 is 10.1 Å². The Bertz CT molecular complexity index is 659. The molecule has 0 radical (unpaired) electrons. The number of hydrogen-bond donors (Lipinski definition) is 1. The molecule has 0 bridgehead atoms. The van der Waals surface area contributed by atoms with E-state index < -0.39 is 11.7 Å². The van der Waals surface area contributed by atoms with Crippen LogP contribution in [0, 0.1) is 19.7 Å². The van der Waals surface area contributed by atoms with Crippen molar-refractivity contribution in [1.29, 1.82) is 0 Å². The van der Waals surface area contributed by atoms with Crippen molar-refractivity contribution in [2.75, 3.05) is 12.4 Å². The lowest BCUT2D eigenvalue weighted by Gasteiger charge is -2.09. The standard InChI is InChI=1S/C14H14FN3O2/c1-8-4-5-11(15)12(6-8)18-13(19)10-7-16-14(20-3)17-9(10)2/h4-7H,1-3H3,(H,18,19). The number of amides is 1. The Balaban J connectivity index is 2.26. The molecule has 1 aromatic carbocycles. The number of nitrogens with one attached hydrogen (secondary N) is 1. The molecule has 0 saturated carbocycles. The van der Waals surface area contributed by atoms with E-state index >= 15 is 0 Å². The van der Waals surface area contributed by atoms with Crippen molar-refractivity contribution in [1.82, 2.24) is 9.97 Å². The molecule has 6 heteroatoms. The number of rotatable bonds is 3. The van der Waals surface area contributed by atoms with E-state index in [4.69, 9.17) is 4.74 Å². The minimum atomic E-state index is -0.490. The number of anilines is 1. The van der Waals surface area contributed by atoms with E-state index in [0.29, 0.717) is 5.69 Å². The quantitative estimate of drug-likeness (QED) is 0.934. The summed E-state index contributed by atoms with van der Waals surface area (Å²) in [6.45, 7) is 3.47. The number of benzene rings is 1. The van der Waals surface area contributed by atoms with Crippen molar-refractivity contribution >= 4 is 11.6 Å². The van der Waals surface area contributed by atoms with Gasteiger partial charge in [0.25, 0.3) is 5.91 Å². The highest BCUT2D eigenvalue weighted by molar-refractivity contribution is 6.04. The van der Waals surface area contributed by atoms with Gasteiger partial charge in [-0.25, -0.2) is 9.37 Å². The SMILES string of the molecule is COc1ncc(C(=O)Nc2cc(C)ccc2F)c(C)n1. The van der Waals surface area contributed by atoms with Gasteiger partial charge in [0.1, 0.15) is 5.82 Å². The zero-order valence-electron chi connectivity index (χ0n) is 11.4. The third kappa shape index (κ3) is 2.90. The lowest BCUT2D eigenvalue weighted by Crippen LogP contribution is -2.16. The summed E-state index contributed by atoms with van der Waals surface area (Å²) in [7, 11) is 1.44. The van der Waals surface area contributed by atoms with Gasteiger partial charge in [0.15, 0.2) is 0 Å². The van der Waals surface area contributed by atoms with Crippen LogP contribution in [0.2, 0.25) is 0 Å². The number of aryl methyl sites for hydroxylation is 2. The maximum atomic E-state index is 13.6. The van der Waals surface area contributed by atoms with Gasteiger partial charge in [-0.3, -0.25) is 4.79 Å². The largest absolute Gasteiger partial charge is 0.467 e. The van der Waals surface area contributed by atoms with Gasteiger partial charge in [-0.2, -0.15) is 4.98 Å². The first kappa shape index (κ1) is 13.9. The van der Waals surface area contributed by atoms with E-state index in [2.05, 4.69) is 15.3 Å². The van der Waals surface area contributed by atoms with Crippen LogP contribution in [0.3, 0.4) is 0 Å². The second-order valence-electron chi connectivity index (χ2n) is 4.29. The Kier molecular flexibility index (Phi) is 3.93. The number of nitrogens with zero attached hydrogens (tertiary/aromatic N) is 2. The molecule has 1 aromatic heterocycles. The number of halogens is 1. The summed E-state index contributed by atoms with van der Waals surface area (Å²) in [6.07, 6.45) is 1.35. The van der Waals surface area contributed by atoms with Gasteiger partial charge in [-0.1, -0.05) is 6.07 Å². The molecule has 0 atom stereocenters. The summed E-state index contributed by atoms with van der Waals surface area (Å²) < 4.78 is 18.5. The number of hydrogen-bond acceptors (Lipinski definition) is 4. The molecule has 20 heavy (non-hydrogen) atoms. The van der Waals surface area contributed by atoms with Crippen LogP contribution in [0.1, 0.15) is 21.6 Å². The number of aromatic nitrogens is 2. The summed E-state index contributed by atoms with van der Waals surface area (Å²) in [5.74, 6) is -0.953. The highest BCUT2D eigenvalue weighted by Gasteiger charge is 2.14. The molecule has 0 aliphatic rings. The van der Waals surface area contributed by atoms with Crippen molar-refractivity contribution in [3.63, 3.8) is 0 Å². The summed E-state index contributed by atoms with van der Waals surface area (Å²) in [6, 6.07) is 4.68. The Labute approximate surface area is 115 Å². The summed E-state index contributed by atoms with van der Waals surface area (Å²) in [5.41, 5.74) is 1.71. The zero-order chi connectivity index (χ0) is 14.7. The average molecular weight is 275 g/mol. The monoisotopic (exact) mass is 275 g/mol. The van der Waals surface area contributed by atoms with Crippen LogP contribution in [0.4, 0.5) is 10.1 Å². The van der Waals surface area contributed by atoms with Gasteiger partial charge >= 0.3 is 6.01 Å². The predicted molar refractivity (Wildman–Crippen MR) is 72.4 cm³/mol. The fraction of sp³-hybridized carbons (Fsp3) is 0.214. The molecule has 0 spiro atoms. The van der Waals surface area contributed by atoms with E-state index in [-0.39, 0.29) is 17.3 Å². The molecule has 1 amide bonds. The number of methoxy groups -OCH3 is 1. The molecule has 2 rings (SSSR count). The maximum Gasteiger partial charge on any atom is 0.316 e. The Morgan fingerprint density at radius 1 is 1.35 bits per heavy atom. The van der Waals surface area contributed by atoms with Gasteiger partial charge in [-0.15, -0.1) is 0 Å².